The Balaban J connectivity index is 1.73. The second-order valence-corrected chi connectivity index (χ2v) is 4.70. The predicted octanol–water partition coefficient (Wildman–Crippen LogP) is 2.15. The second kappa shape index (κ2) is 4.85. The maximum atomic E-state index is 4.59. The monoisotopic (exact) mass is 255 g/mol. The first kappa shape index (κ1) is 11.9. The summed E-state index contributed by atoms with van der Waals surface area (Å²) >= 11 is 0. The summed E-state index contributed by atoms with van der Waals surface area (Å²) < 4.78 is 2.01. The average Bonchev–Trinajstić information content (AvgIpc) is 3.01. The van der Waals surface area contributed by atoms with Gasteiger partial charge >= 0.3 is 0 Å². The van der Waals surface area contributed by atoms with Crippen molar-refractivity contribution < 1.29 is 0 Å². The fourth-order valence-electron chi connectivity index (χ4n) is 2.09. The molecule has 0 bridgehead atoms. The number of aromatic amines is 1. The Bertz CT molecular complexity index is 649. The Morgan fingerprint density at radius 1 is 1.37 bits per heavy atom. The van der Waals surface area contributed by atoms with Gasteiger partial charge in [0.2, 0.25) is 0 Å². The molecule has 2 aromatic heterocycles. The number of fused-ring (bicyclic) bond motifs is 1. The molecule has 1 unspecified atom stereocenters. The predicted molar refractivity (Wildman–Crippen MR) is 74.6 cm³/mol. The highest BCUT2D eigenvalue weighted by molar-refractivity contribution is 5.74. The van der Waals surface area contributed by atoms with Gasteiger partial charge in [-0.25, -0.2) is 9.97 Å². The minimum absolute atomic E-state index is 0.157. The normalized spacial score (nSPS) is 12.9. The molecule has 5 heteroatoms. The molecule has 0 aliphatic carbocycles. The molecule has 3 aromatic rings. The second-order valence-electron chi connectivity index (χ2n) is 4.70. The van der Waals surface area contributed by atoms with Crippen LogP contribution in [0.2, 0.25) is 0 Å². The summed E-state index contributed by atoms with van der Waals surface area (Å²) in [5.74, 6) is 1.97. The summed E-state index contributed by atoms with van der Waals surface area (Å²) in [5, 5.41) is 3.43. The van der Waals surface area contributed by atoms with E-state index in [1.54, 1.807) is 0 Å². The molecule has 2 heterocycles. The molecule has 0 saturated heterocycles. The van der Waals surface area contributed by atoms with Gasteiger partial charge in [0, 0.05) is 19.4 Å². The number of hydrogen-bond acceptors (Lipinski definition) is 3. The Labute approximate surface area is 111 Å². The summed E-state index contributed by atoms with van der Waals surface area (Å²) in [6.07, 6.45) is 3.76. The van der Waals surface area contributed by atoms with Crippen LogP contribution in [0.5, 0.6) is 0 Å². The number of para-hydroxylation sites is 2. The fraction of sp³-hybridized carbons (Fsp3) is 0.286. The molecule has 0 saturated carbocycles. The van der Waals surface area contributed by atoms with E-state index in [0.29, 0.717) is 0 Å². The number of imidazole rings is 2. The highest BCUT2D eigenvalue weighted by atomic mass is 15.1. The molecule has 0 aliphatic rings. The third kappa shape index (κ3) is 2.37. The molecule has 19 heavy (non-hydrogen) atoms. The van der Waals surface area contributed by atoms with E-state index in [-0.39, 0.29) is 6.04 Å². The van der Waals surface area contributed by atoms with Crippen molar-refractivity contribution in [2.75, 3.05) is 0 Å². The van der Waals surface area contributed by atoms with Gasteiger partial charge in [0.05, 0.1) is 23.6 Å². The third-order valence-corrected chi connectivity index (χ3v) is 3.31. The number of aryl methyl sites for hydroxylation is 1. The van der Waals surface area contributed by atoms with Crippen molar-refractivity contribution in [2.45, 2.75) is 19.5 Å². The summed E-state index contributed by atoms with van der Waals surface area (Å²) in [6.45, 7) is 2.82. The topological polar surface area (TPSA) is 58.5 Å². The van der Waals surface area contributed by atoms with Crippen LogP contribution < -0.4 is 5.32 Å². The minimum atomic E-state index is 0.157. The van der Waals surface area contributed by atoms with Crippen molar-refractivity contribution in [2.24, 2.45) is 7.05 Å². The molecule has 0 spiro atoms. The van der Waals surface area contributed by atoms with E-state index in [2.05, 4.69) is 27.2 Å². The van der Waals surface area contributed by atoms with Crippen LogP contribution in [-0.4, -0.2) is 19.5 Å². The quantitative estimate of drug-likeness (QED) is 0.751. The molecule has 5 nitrogen and oxygen atoms in total. The van der Waals surface area contributed by atoms with E-state index < -0.39 is 0 Å². The summed E-state index contributed by atoms with van der Waals surface area (Å²) in [4.78, 5) is 12.2. The van der Waals surface area contributed by atoms with E-state index in [1.165, 1.54) is 0 Å². The van der Waals surface area contributed by atoms with Gasteiger partial charge in [-0.05, 0) is 19.1 Å². The molecular weight excluding hydrogens is 238 g/mol. The number of hydrogen-bond donors (Lipinski definition) is 2. The lowest BCUT2D eigenvalue weighted by atomic mass is 10.3. The van der Waals surface area contributed by atoms with Crippen molar-refractivity contribution in [3.05, 3.63) is 48.3 Å². The van der Waals surface area contributed by atoms with Gasteiger partial charge in [-0.15, -0.1) is 0 Å². The largest absolute Gasteiger partial charge is 0.341 e. The summed E-state index contributed by atoms with van der Waals surface area (Å²) in [7, 11) is 2.00. The zero-order chi connectivity index (χ0) is 13.2. The molecule has 3 rings (SSSR count). The molecule has 98 valence electrons. The van der Waals surface area contributed by atoms with Crippen molar-refractivity contribution in [1.82, 2.24) is 24.8 Å². The Morgan fingerprint density at radius 2 is 2.21 bits per heavy atom. The number of benzene rings is 1. The Hall–Kier alpha value is -2.14. The van der Waals surface area contributed by atoms with Crippen LogP contribution in [0.4, 0.5) is 0 Å². The van der Waals surface area contributed by atoms with E-state index in [1.807, 2.05) is 48.3 Å². The molecule has 1 atom stereocenters. The molecule has 0 radical (unpaired) electrons. The van der Waals surface area contributed by atoms with Crippen LogP contribution in [0.25, 0.3) is 11.0 Å². The fourth-order valence-corrected chi connectivity index (χ4v) is 2.09. The Kier molecular flexibility index (Phi) is 3.05. The van der Waals surface area contributed by atoms with Crippen LogP contribution in [0.1, 0.15) is 24.6 Å². The molecule has 0 amide bonds. The van der Waals surface area contributed by atoms with Gasteiger partial charge in [-0.3, -0.25) is 0 Å². The van der Waals surface area contributed by atoms with Gasteiger partial charge in [-0.2, -0.15) is 0 Å². The van der Waals surface area contributed by atoms with Gasteiger partial charge in [-0.1, -0.05) is 12.1 Å². The minimum Gasteiger partial charge on any atom is -0.341 e. The van der Waals surface area contributed by atoms with Crippen LogP contribution in [0.3, 0.4) is 0 Å². The zero-order valence-corrected chi connectivity index (χ0v) is 11.1. The van der Waals surface area contributed by atoms with E-state index >= 15 is 0 Å². The van der Waals surface area contributed by atoms with E-state index in [9.17, 15) is 0 Å². The lowest BCUT2D eigenvalue weighted by Crippen LogP contribution is -2.21. The average molecular weight is 255 g/mol. The number of rotatable bonds is 4. The first-order chi connectivity index (χ1) is 9.24. The van der Waals surface area contributed by atoms with Crippen LogP contribution >= 0.6 is 0 Å². The number of nitrogens with one attached hydrogen (secondary N) is 2. The van der Waals surface area contributed by atoms with Gasteiger partial charge < -0.3 is 14.9 Å². The van der Waals surface area contributed by atoms with Crippen LogP contribution in [0, 0.1) is 0 Å². The summed E-state index contributed by atoms with van der Waals surface area (Å²) in [5.41, 5.74) is 2.08. The standard InChI is InChI=1S/C14H17N5/c1-10(16-9-13-15-7-8-19(13)2)14-17-11-5-3-4-6-12(11)18-14/h3-8,10,16H,9H2,1-2H3,(H,17,18). The SMILES string of the molecule is CC(NCc1nccn1C)c1nc2ccccc2[nH]1. The van der Waals surface area contributed by atoms with Crippen molar-refractivity contribution in [3.63, 3.8) is 0 Å². The van der Waals surface area contributed by atoms with Gasteiger partial charge in [0.15, 0.2) is 0 Å². The van der Waals surface area contributed by atoms with Crippen molar-refractivity contribution in [3.8, 4) is 0 Å². The van der Waals surface area contributed by atoms with Gasteiger partial charge in [0.25, 0.3) is 0 Å². The van der Waals surface area contributed by atoms with Crippen LogP contribution in [-0.2, 0) is 13.6 Å². The number of nitrogens with zero attached hydrogens (tertiary/aromatic N) is 3. The lowest BCUT2D eigenvalue weighted by molar-refractivity contribution is 0.531. The molecule has 2 N–H and O–H groups in total. The molecule has 0 aliphatic heterocycles. The number of aromatic nitrogens is 4. The maximum Gasteiger partial charge on any atom is 0.124 e. The molecular formula is C14H17N5. The highest BCUT2D eigenvalue weighted by Crippen LogP contribution is 2.15. The highest BCUT2D eigenvalue weighted by Gasteiger charge is 2.10. The lowest BCUT2D eigenvalue weighted by Gasteiger charge is -2.10. The van der Waals surface area contributed by atoms with Crippen molar-refractivity contribution >= 4 is 11.0 Å². The van der Waals surface area contributed by atoms with E-state index in [4.69, 9.17) is 0 Å². The van der Waals surface area contributed by atoms with Gasteiger partial charge in [0.1, 0.15) is 11.6 Å². The first-order valence-corrected chi connectivity index (χ1v) is 6.38. The Morgan fingerprint density at radius 3 is 2.95 bits per heavy atom. The third-order valence-electron chi connectivity index (χ3n) is 3.31. The zero-order valence-electron chi connectivity index (χ0n) is 11.1. The van der Waals surface area contributed by atoms with Crippen LogP contribution in [0.15, 0.2) is 36.7 Å². The number of H-pyrrole nitrogens is 1. The van der Waals surface area contributed by atoms with E-state index in [0.717, 1.165) is 29.2 Å². The molecule has 0 fully saturated rings. The summed E-state index contributed by atoms with van der Waals surface area (Å²) in [6, 6.07) is 8.22. The van der Waals surface area contributed by atoms with Crippen molar-refractivity contribution in [1.29, 1.82) is 0 Å². The maximum absolute atomic E-state index is 4.59. The smallest absolute Gasteiger partial charge is 0.124 e. The first-order valence-electron chi connectivity index (χ1n) is 6.38. The molecule has 1 aromatic carbocycles.